The predicted molar refractivity (Wildman–Crippen MR) is 114 cm³/mol. The molecule has 1 atom stereocenters. The number of nitrogens with zero attached hydrogens (tertiary/aromatic N) is 5. The second kappa shape index (κ2) is 9.55. The van der Waals surface area contributed by atoms with Crippen LogP contribution in [0.25, 0.3) is 0 Å². The molecule has 0 fully saturated rings. The number of aromatic nitrogens is 5. The summed E-state index contributed by atoms with van der Waals surface area (Å²) in [5.41, 5.74) is 3.96. The van der Waals surface area contributed by atoms with E-state index in [0.29, 0.717) is 5.56 Å². The number of hydrogen-bond donors (Lipinski definition) is 2. The second-order valence-electron chi connectivity index (χ2n) is 7.60. The summed E-state index contributed by atoms with van der Waals surface area (Å²) in [4.78, 5) is 24.3. The molecule has 0 radical (unpaired) electrons. The molecule has 3 aromatic rings. The highest BCUT2D eigenvalue weighted by molar-refractivity contribution is 5.68. The number of aryl methyl sites for hydroxylation is 3. The number of methoxy groups -OCH3 is 1. The van der Waals surface area contributed by atoms with Crippen LogP contribution in [0.3, 0.4) is 0 Å². The molecule has 31 heavy (non-hydrogen) atoms. The van der Waals surface area contributed by atoms with E-state index in [-0.39, 0.29) is 12.4 Å². The van der Waals surface area contributed by atoms with Crippen molar-refractivity contribution in [3.05, 3.63) is 59.3 Å². The SMILES string of the molecule is COc1ncc([C@H](CC(=O)O)n2ccc(CCCc3ccc4c(n3)NCCC4)n2)cn1. The Morgan fingerprint density at radius 2 is 2.03 bits per heavy atom. The van der Waals surface area contributed by atoms with E-state index in [1.54, 1.807) is 17.1 Å². The summed E-state index contributed by atoms with van der Waals surface area (Å²) >= 11 is 0. The van der Waals surface area contributed by atoms with Gasteiger partial charge in [0.2, 0.25) is 0 Å². The van der Waals surface area contributed by atoms with E-state index < -0.39 is 12.0 Å². The van der Waals surface area contributed by atoms with Crippen LogP contribution in [0.15, 0.2) is 36.8 Å². The van der Waals surface area contributed by atoms with Gasteiger partial charge in [0.1, 0.15) is 5.82 Å². The second-order valence-corrected chi connectivity index (χ2v) is 7.60. The summed E-state index contributed by atoms with van der Waals surface area (Å²) in [5.74, 6) is 0.108. The zero-order valence-electron chi connectivity index (χ0n) is 17.5. The van der Waals surface area contributed by atoms with Crippen LogP contribution >= 0.6 is 0 Å². The number of fused-ring (bicyclic) bond motifs is 1. The molecule has 0 spiro atoms. The average Bonchev–Trinajstić information content (AvgIpc) is 3.26. The van der Waals surface area contributed by atoms with E-state index in [1.165, 1.54) is 12.7 Å². The number of carboxylic acid groups (broad SMARTS) is 1. The summed E-state index contributed by atoms with van der Waals surface area (Å²) in [6.07, 6.45) is 9.68. The van der Waals surface area contributed by atoms with Crippen LogP contribution < -0.4 is 10.1 Å². The predicted octanol–water partition coefficient (Wildman–Crippen LogP) is 2.67. The van der Waals surface area contributed by atoms with Crippen LogP contribution in [0.1, 0.15) is 47.8 Å². The molecule has 0 aliphatic carbocycles. The van der Waals surface area contributed by atoms with Gasteiger partial charge in [-0.1, -0.05) is 6.07 Å². The molecule has 0 aromatic carbocycles. The van der Waals surface area contributed by atoms with Crippen LogP contribution in [0.4, 0.5) is 5.82 Å². The maximum atomic E-state index is 11.4. The van der Waals surface area contributed by atoms with Gasteiger partial charge in [0, 0.05) is 36.4 Å². The number of nitrogens with one attached hydrogen (secondary N) is 1. The smallest absolute Gasteiger partial charge is 0.316 e. The molecule has 162 valence electrons. The molecule has 4 heterocycles. The van der Waals surface area contributed by atoms with Crippen LogP contribution in [-0.4, -0.2) is 49.5 Å². The van der Waals surface area contributed by atoms with E-state index >= 15 is 0 Å². The van der Waals surface area contributed by atoms with E-state index in [4.69, 9.17) is 9.72 Å². The van der Waals surface area contributed by atoms with Crippen molar-refractivity contribution in [1.29, 1.82) is 0 Å². The van der Waals surface area contributed by atoms with Crippen molar-refractivity contribution >= 4 is 11.8 Å². The Morgan fingerprint density at radius 3 is 2.81 bits per heavy atom. The summed E-state index contributed by atoms with van der Waals surface area (Å²) in [6, 6.07) is 5.97. The highest BCUT2D eigenvalue weighted by Gasteiger charge is 2.20. The number of hydrogen-bond acceptors (Lipinski definition) is 7. The van der Waals surface area contributed by atoms with Crippen molar-refractivity contribution in [3.8, 4) is 6.01 Å². The lowest BCUT2D eigenvalue weighted by atomic mass is 10.1. The van der Waals surface area contributed by atoms with Crippen LogP contribution in [0.5, 0.6) is 6.01 Å². The third-order valence-corrected chi connectivity index (χ3v) is 5.38. The Hall–Kier alpha value is -3.49. The van der Waals surface area contributed by atoms with Crippen LogP contribution in [-0.2, 0) is 24.1 Å². The van der Waals surface area contributed by atoms with Crippen molar-refractivity contribution in [2.45, 2.75) is 44.6 Å². The fourth-order valence-corrected chi connectivity index (χ4v) is 3.78. The summed E-state index contributed by atoms with van der Waals surface area (Å²) in [7, 11) is 1.49. The third-order valence-electron chi connectivity index (χ3n) is 5.38. The molecular formula is C22H26N6O3. The van der Waals surface area contributed by atoms with Crippen molar-refractivity contribution in [3.63, 3.8) is 0 Å². The molecule has 2 N–H and O–H groups in total. The first-order valence-electron chi connectivity index (χ1n) is 10.5. The first-order valence-corrected chi connectivity index (χ1v) is 10.5. The maximum absolute atomic E-state index is 11.4. The topological polar surface area (TPSA) is 115 Å². The Morgan fingerprint density at radius 1 is 1.23 bits per heavy atom. The maximum Gasteiger partial charge on any atom is 0.316 e. The highest BCUT2D eigenvalue weighted by atomic mass is 16.5. The summed E-state index contributed by atoms with van der Waals surface area (Å²) < 4.78 is 6.66. The fraction of sp³-hybridized carbons (Fsp3) is 0.409. The van der Waals surface area contributed by atoms with Gasteiger partial charge in [-0.05, 0) is 49.8 Å². The summed E-state index contributed by atoms with van der Waals surface area (Å²) in [6.45, 7) is 0.984. The van der Waals surface area contributed by atoms with Crippen molar-refractivity contribution in [1.82, 2.24) is 24.7 Å². The lowest BCUT2D eigenvalue weighted by molar-refractivity contribution is -0.137. The monoisotopic (exact) mass is 422 g/mol. The minimum Gasteiger partial charge on any atom is -0.481 e. The molecular weight excluding hydrogens is 396 g/mol. The zero-order chi connectivity index (χ0) is 21.6. The van der Waals surface area contributed by atoms with Gasteiger partial charge in [0.25, 0.3) is 0 Å². The van der Waals surface area contributed by atoms with Gasteiger partial charge in [0.05, 0.1) is 25.3 Å². The average molecular weight is 422 g/mol. The van der Waals surface area contributed by atoms with Crippen molar-refractivity contribution < 1.29 is 14.6 Å². The molecule has 0 unspecified atom stereocenters. The van der Waals surface area contributed by atoms with Gasteiger partial charge in [-0.2, -0.15) is 5.10 Å². The van der Waals surface area contributed by atoms with Crippen LogP contribution in [0, 0.1) is 0 Å². The molecule has 1 aliphatic heterocycles. The Kier molecular flexibility index (Phi) is 6.40. The highest BCUT2D eigenvalue weighted by Crippen LogP contribution is 2.23. The minimum atomic E-state index is -0.912. The molecule has 3 aromatic heterocycles. The number of anilines is 1. The van der Waals surface area contributed by atoms with Gasteiger partial charge in [-0.15, -0.1) is 0 Å². The first-order chi connectivity index (χ1) is 15.1. The Labute approximate surface area is 180 Å². The van der Waals surface area contributed by atoms with Gasteiger partial charge in [-0.25, -0.2) is 15.0 Å². The van der Waals surface area contributed by atoms with E-state index in [1.807, 2.05) is 12.3 Å². The number of aliphatic carboxylic acids is 1. The number of pyridine rings is 1. The normalized spacial score (nSPS) is 13.8. The minimum absolute atomic E-state index is 0.108. The van der Waals surface area contributed by atoms with Gasteiger partial charge in [-0.3, -0.25) is 9.48 Å². The Balaban J connectivity index is 1.40. The van der Waals surface area contributed by atoms with Gasteiger partial charge in [0.15, 0.2) is 0 Å². The van der Waals surface area contributed by atoms with E-state index in [2.05, 4.69) is 32.5 Å². The molecule has 0 bridgehead atoms. The molecule has 9 heteroatoms. The number of carboxylic acids is 1. The fourth-order valence-electron chi connectivity index (χ4n) is 3.78. The molecule has 0 saturated carbocycles. The first kappa shape index (κ1) is 20.8. The van der Waals surface area contributed by atoms with Crippen molar-refractivity contribution in [2.24, 2.45) is 0 Å². The van der Waals surface area contributed by atoms with Crippen molar-refractivity contribution in [2.75, 3.05) is 19.0 Å². The molecule has 4 rings (SSSR count). The molecule has 0 amide bonds. The lowest BCUT2D eigenvalue weighted by Gasteiger charge is -2.17. The standard InChI is InChI=1S/C22H26N6O3/c1-31-22-24-13-16(14-25-22)19(12-20(29)30)28-11-9-18(27-28)6-2-5-17-8-7-15-4-3-10-23-21(15)26-17/h7-9,11,13-14,19H,2-6,10,12H2,1H3,(H,23,26)(H,29,30)/t19-/m0/s1. The van der Waals surface area contributed by atoms with Gasteiger partial charge < -0.3 is 15.2 Å². The third kappa shape index (κ3) is 5.17. The number of carbonyl (C=O) groups is 1. The number of rotatable bonds is 9. The summed E-state index contributed by atoms with van der Waals surface area (Å²) in [5, 5.41) is 17.3. The van der Waals surface area contributed by atoms with Crippen LogP contribution in [0.2, 0.25) is 0 Å². The molecule has 1 aliphatic rings. The molecule has 0 saturated heterocycles. The lowest BCUT2D eigenvalue weighted by Crippen LogP contribution is -2.16. The van der Waals surface area contributed by atoms with Gasteiger partial charge >= 0.3 is 12.0 Å². The largest absolute Gasteiger partial charge is 0.481 e. The quantitative estimate of drug-likeness (QED) is 0.541. The number of ether oxygens (including phenoxy) is 1. The van der Waals surface area contributed by atoms with E-state index in [9.17, 15) is 9.90 Å². The Bertz CT molecular complexity index is 1030. The van der Waals surface area contributed by atoms with E-state index in [0.717, 1.165) is 55.9 Å². The zero-order valence-corrected chi connectivity index (χ0v) is 17.5. The molecule has 9 nitrogen and oxygen atoms in total.